The van der Waals surface area contributed by atoms with Crippen LogP contribution in [0.3, 0.4) is 0 Å². The molecule has 0 amide bonds. The van der Waals surface area contributed by atoms with E-state index in [2.05, 4.69) is 27.3 Å². The molecule has 1 nitrogen and oxygen atoms in total. The second kappa shape index (κ2) is 5.70. The first-order valence-corrected chi connectivity index (χ1v) is 7.39. The molecule has 1 aromatic heterocycles. The van der Waals surface area contributed by atoms with Crippen LogP contribution in [0.15, 0.2) is 28.1 Å². The number of thiophene rings is 1. The summed E-state index contributed by atoms with van der Waals surface area (Å²) in [5.74, 6) is -0.317. The molecule has 2 rings (SSSR count). The van der Waals surface area contributed by atoms with E-state index in [1.165, 1.54) is 17.7 Å². The van der Waals surface area contributed by atoms with Gasteiger partial charge in [0.1, 0.15) is 5.82 Å². The molecule has 5 heteroatoms. The summed E-state index contributed by atoms with van der Waals surface area (Å²) < 4.78 is 14.2. The molecule has 0 aliphatic carbocycles. The Bertz CT molecular complexity index is 551. The summed E-state index contributed by atoms with van der Waals surface area (Å²) in [6.45, 7) is 2.04. The number of hydrogen-bond donors (Lipinski definition) is 1. The van der Waals surface area contributed by atoms with Crippen LogP contribution in [0, 0.1) is 12.7 Å². The summed E-state index contributed by atoms with van der Waals surface area (Å²) >= 11 is 11.3. The predicted molar refractivity (Wildman–Crippen MR) is 79.1 cm³/mol. The summed E-state index contributed by atoms with van der Waals surface area (Å²) in [7, 11) is 1.87. The Morgan fingerprint density at radius 2 is 2.11 bits per heavy atom. The number of hydrogen-bond acceptors (Lipinski definition) is 2. The van der Waals surface area contributed by atoms with Gasteiger partial charge < -0.3 is 5.32 Å². The number of aryl methyl sites for hydroxylation is 1. The van der Waals surface area contributed by atoms with Gasteiger partial charge in [-0.15, -0.1) is 11.3 Å². The Labute approximate surface area is 123 Å². The molecular formula is C13H12BrClFNS. The first-order valence-electron chi connectivity index (χ1n) is 5.41. The van der Waals surface area contributed by atoms with Crippen molar-refractivity contribution in [3.05, 3.63) is 54.9 Å². The van der Waals surface area contributed by atoms with Crippen molar-refractivity contribution in [2.45, 2.75) is 13.0 Å². The van der Waals surface area contributed by atoms with Crippen LogP contribution in [-0.4, -0.2) is 7.05 Å². The zero-order valence-corrected chi connectivity index (χ0v) is 13.1. The quantitative estimate of drug-likeness (QED) is 0.830. The molecule has 1 aromatic carbocycles. The van der Waals surface area contributed by atoms with Crippen LogP contribution in [0.5, 0.6) is 0 Å². The van der Waals surface area contributed by atoms with Gasteiger partial charge in [0.15, 0.2) is 0 Å². The van der Waals surface area contributed by atoms with Gasteiger partial charge in [0.05, 0.1) is 9.83 Å². The van der Waals surface area contributed by atoms with Gasteiger partial charge in [-0.2, -0.15) is 0 Å². The van der Waals surface area contributed by atoms with Crippen molar-refractivity contribution in [1.82, 2.24) is 5.32 Å². The highest BCUT2D eigenvalue weighted by Gasteiger charge is 2.18. The lowest BCUT2D eigenvalue weighted by atomic mass is 10.0. The summed E-state index contributed by atoms with van der Waals surface area (Å²) in [6, 6.07) is 6.59. The Kier molecular flexibility index (Phi) is 4.43. The van der Waals surface area contributed by atoms with E-state index in [0.717, 1.165) is 14.2 Å². The maximum absolute atomic E-state index is 13.1. The first kappa shape index (κ1) is 14.0. The van der Waals surface area contributed by atoms with Crippen molar-refractivity contribution < 1.29 is 4.39 Å². The molecule has 1 N–H and O–H groups in total. The summed E-state index contributed by atoms with van der Waals surface area (Å²) in [4.78, 5) is 1.15. The maximum atomic E-state index is 13.1. The summed E-state index contributed by atoms with van der Waals surface area (Å²) in [6.07, 6.45) is 0. The molecule has 0 saturated carbocycles. The van der Waals surface area contributed by atoms with E-state index in [1.54, 1.807) is 17.4 Å². The monoisotopic (exact) mass is 347 g/mol. The van der Waals surface area contributed by atoms with E-state index in [1.807, 2.05) is 14.0 Å². The lowest BCUT2D eigenvalue weighted by Gasteiger charge is -2.16. The Morgan fingerprint density at radius 3 is 2.61 bits per heavy atom. The van der Waals surface area contributed by atoms with Gasteiger partial charge in [0, 0.05) is 9.90 Å². The van der Waals surface area contributed by atoms with E-state index < -0.39 is 0 Å². The van der Waals surface area contributed by atoms with Gasteiger partial charge in [-0.3, -0.25) is 0 Å². The second-order valence-corrected chi connectivity index (χ2v) is 6.80. The second-order valence-electron chi connectivity index (χ2n) is 3.99. The Morgan fingerprint density at radius 1 is 1.39 bits per heavy atom. The van der Waals surface area contributed by atoms with Crippen molar-refractivity contribution in [3.63, 3.8) is 0 Å². The minimum absolute atomic E-state index is 0.0203. The number of nitrogens with one attached hydrogen (secondary N) is 1. The Balaban J connectivity index is 2.45. The molecule has 18 heavy (non-hydrogen) atoms. The lowest BCUT2D eigenvalue weighted by Crippen LogP contribution is -2.17. The molecule has 0 aliphatic rings. The minimum atomic E-state index is -0.317. The fourth-order valence-corrected chi connectivity index (χ4v) is 3.79. The maximum Gasteiger partial charge on any atom is 0.124 e. The average molecular weight is 349 g/mol. The van der Waals surface area contributed by atoms with E-state index >= 15 is 0 Å². The van der Waals surface area contributed by atoms with Gasteiger partial charge in [-0.25, -0.2) is 4.39 Å². The fourth-order valence-electron chi connectivity index (χ4n) is 1.81. The van der Waals surface area contributed by atoms with Crippen molar-refractivity contribution in [2.24, 2.45) is 0 Å². The van der Waals surface area contributed by atoms with Gasteiger partial charge in [0.25, 0.3) is 0 Å². The predicted octanol–water partition coefficient (Wildman–Crippen LogP) is 4.92. The molecular weight excluding hydrogens is 337 g/mol. The van der Waals surface area contributed by atoms with Crippen LogP contribution in [0.4, 0.5) is 4.39 Å². The van der Waals surface area contributed by atoms with Crippen LogP contribution in [0.2, 0.25) is 5.02 Å². The normalized spacial score (nSPS) is 12.7. The highest BCUT2D eigenvalue weighted by molar-refractivity contribution is 9.11. The van der Waals surface area contributed by atoms with Crippen LogP contribution in [0.1, 0.15) is 22.0 Å². The third-order valence-electron chi connectivity index (χ3n) is 2.72. The smallest absolute Gasteiger partial charge is 0.124 e. The zero-order valence-electron chi connectivity index (χ0n) is 9.93. The molecule has 0 bridgehead atoms. The van der Waals surface area contributed by atoms with Crippen molar-refractivity contribution in [1.29, 1.82) is 0 Å². The molecule has 96 valence electrons. The number of benzene rings is 1. The summed E-state index contributed by atoms with van der Waals surface area (Å²) in [5.41, 5.74) is 2.07. The Hall–Kier alpha value is -0.420. The third kappa shape index (κ3) is 2.77. The average Bonchev–Trinajstić information content (AvgIpc) is 2.63. The van der Waals surface area contributed by atoms with Gasteiger partial charge in [0.2, 0.25) is 0 Å². The van der Waals surface area contributed by atoms with Crippen LogP contribution in [0.25, 0.3) is 0 Å². The molecule has 0 radical (unpaired) electrons. The van der Waals surface area contributed by atoms with E-state index in [4.69, 9.17) is 11.6 Å². The molecule has 1 atom stereocenters. The van der Waals surface area contributed by atoms with Crippen molar-refractivity contribution in [2.75, 3.05) is 7.05 Å². The van der Waals surface area contributed by atoms with Crippen molar-refractivity contribution >= 4 is 38.9 Å². The van der Waals surface area contributed by atoms with Crippen LogP contribution >= 0.6 is 38.9 Å². The molecule has 2 aromatic rings. The van der Waals surface area contributed by atoms with Gasteiger partial charge in [-0.05, 0) is 59.2 Å². The van der Waals surface area contributed by atoms with E-state index in [-0.39, 0.29) is 11.9 Å². The minimum Gasteiger partial charge on any atom is -0.309 e. The van der Waals surface area contributed by atoms with E-state index in [0.29, 0.717) is 5.02 Å². The first-order chi connectivity index (χ1) is 8.52. The van der Waals surface area contributed by atoms with Crippen molar-refractivity contribution in [3.8, 4) is 0 Å². The fraction of sp³-hybridized carbons (Fsp3) is 0.231. The zero-order chi connectivity index (χ0) is 13.3. The van der Waals surface area contributed by atoms with E-state index in [9.17, 15) is 4.39 Å². The molecule has 1 unspecified atom stereocenters. The number of halogens is 3. The highest BCUT2D eigenvalue weighted by atomic mass is 79.9. The van der Waals surface area contributed by atoms with Crippen LogP contribution < -0.4 is 5.32 Å². The summed E-state index contributed by atoms with van der Waals surface area (Å²) in [5, 5.41) is 3.66. The third-order valence-corrected chi connectivity index (χ3v) is 5.25. The molecule has 1 heterocycles. The highest BCUT2D eigenvalue weighted by Crippen LogP contribution is 2.36. The molecule has 0 saturated heterocycles. The molecule has 0 fully saturated rings. The standard InChI is InChI=1S/C13H12BrClFNS/c1-7-5-11(18-13(7)14)12(17-2)9-4-3-8(16)6-10(9)15/h3-6,12,17H,1-2H3. The molecule has 0 spiro atoms. The topological polar surface area (TPSA) is 12.0 Å². The lowest BCUT2D eigenvalue weighted by molar-refractivity contribution is 0.624. The SMILES string of the molecule is CNC(c1cc(C)c(Br)s1)c1ccc(F)cc1Cl. The van der Waals surface area contributed by atoms with Gasteiger partial charge >= 0.3 is 0 Å². The number of rotatable bonds is 3. The largest absolute Gasteiger partial charge is 0.309 e. The van der Waals surface area contributed by atoms with Crippen LogP contribution in [-0.2, 0) is 0 Å². The van der Waals surface area contributed by atoms with Gasteiger partial charge in [-0.1, -0.05) is 17.7 Å². The molecule has 0 aliphatic heterocycles.